The second kappa shape index (κ2) is 6.47. The molecule has 1 aliphatic rings. The molecule has 0 aliphatic carbocycles. The molecule has 7 heteroatoms. The molecule has 3 nitrogen and oxygen atoms in total. The Hall–Kier alpha value is -2.02. The summed E-state index contributed by atoms with van der Waals surface area (Å²) in [5.41, 5.74) is 0.917. The van der Waals surface area contributed by atoms with E-state index in [0.29, 0.717) is 16.8 Å². The first-order valence-electron chi connectivity index (χ1n) is 7.17. The van der Waals surface area contributed by atoms with Crippen molar-refractivity contribution in [3.63, 3.8) is 0 Å². The maximum atomic E-state index is 12.8. The zero-order chi connectivity index (χ0) is 17.3. The van der Waals surface area contributed by atoms with Gasteiger partial charge in [-0.1, -0.05) is 23.4 Å². The van der Waals surface area contributed by atoms with Crippen molar-refractivity contribution >= 4 is 20.6 Å². The fourth-order valence-corrected chi connectivity index (χ4v) is 2.69. The van der Waals surface area contributed by atoms with Crippen molar-refractivity contribution in [1.82, 2.24) is 0 Å². The molecule has 126 valence electrons. The molecule has 0 saturated carbocycles. The van der Waals surface area contributed by atoms with Crippen LogP contribution >= 0.6 is 15.9 Å². The average Bonchev–Trinajstić information content (AvgIpc) is 2.95. The van der Waals surface area contributed by atoms with Crippen LogP contribution in [0.2, 0.25) is 0 Å². The van der Waals surface area contributed by atoms with Crippen LogP contribution in [0.4, 0.5) is 13.2 Å². The van der Waals surface area contributed by atoms with E-state index in [2.05, 4.69) is 21.1 Å². The number of nitrogens with zero attached hydrogens (tertiary/aromatic N) is 1. The third-order valence-electron chi connectivity index (χ3n) is 3.61. The van der Waals surface area contributed by atoms with Gasteiger partial charge >= 0.3 is 6.18 Å². The summed E-state index contributed by atoms with van der Waals surface area (Å²) in [6.07, 6.45) is -4.03. The Morgan fingerprint density at radius 1 is 1.21 bits per heavy atom. The fourth-order valence-electron chi connectivity index (χ4n) is 2.32. The highest BCUT2D eigenvalue weighted by molar-refractivity contribution is 9.18. The van der Waals surface area contributed by atoms with Crippen LogP contribution < -0.4 is 4.74 Å². The monoisotopic (exact) mass is 399 g/mol. The summed E-state index contributed by atoms with van der Waals surface area (Å²) in [7, 11) is 0. The smallest absolute Gasteiger partial charge is 0.416 e. The lowest BCUT2D eigenvalue weighted by atomic mass is 10.0. The zero-order valence-corrected chi connectivity index (χ0v) is 14.2. The van der Waals surface area contributed by atoms with Crippen LogP contribution in [-0.4, -0.2) is 4.62 Å². The summed E-state index contributed by atoms with van der Waals surface area (Å²) in [5.74, 6) is 0.619. The first kappa shape index (κ1) is 16.8. The number of benzene rings is 2. The minimum Gasteiger partial charge on any atom is -0.457 e. The van der Waals surface area contributed by atoms with E-state index in [1.165, 1.54) is 12.1 Å². The lowest BCUT2D eigenvalue weighted by Crippen LogP contribution is -2.04. The SMILES string of the molecule is Cc1ccc([C@H]2CC(Br)=NO2)cc1Oc1cccc(C(F)(F)F)c1. The zero-order valence-electron chi connectivity index (χ0n) is 12.6. The van der Waals surface area contributed by atoms with E-state index >= 15 is 0 Å². The van der Waals surface area contributed by atoms with Gasteiger partial charge in [-0.25, -0.2) is 0 Å². The second-order valence-electron chi connectivity index (χ2n) is 5.42. The highest BCUT2D eigenvalue weighted by Gasteiger charge is 2.30. The van der Waals surface area contributed by atoms with Gasteiger partial charge in [0.15, 0.2) is 6.10 Å². The van der Waals surface area contributed by atoms with Crippen molar-refractivity contribution in [2.24, 2.45) is 5.16 Å². The molecule has 1 atom stereocenters. The maximum Gasteiger partial charge on any atom is 0.416 e. The van der Waals surface area contributed by atoms with Gasteiger partial charge in [0.2, 0.25) is 0 Å². The lowest BCUT2D eigenvalue weighted by Gasteiger charge is -2.14. The summed E-state index contributed by atoms with van der Waals surface area (Å²) < 4.78 is 44.8. The second-order valence-corrected chi connectivity index (χ2v) is 6.33. The molecule has 2 aromatic rings. The summed E-state index contributed by atoms with van der Waals surface area (Å²) in [6.45, 7) is 1.83. The molecular weight excluding hydrogens is 387 g/mol. The van der Waals surface area contributed by atoms with Crippen molar-refractivity contribution in [2.45, 2.75) is 25.6 Å². The van der Waals surface area contributed by atoms with E-state index in [0.717, 1.165) is 23.3 Å². The highest BCUT2D eigenvalue weighted by Crippen LogP contribution is 2.36. The molecule has 0 saturated heterocycles. The minimum absolute atomic E-state index is 0.134. The van der Waals surface area contributed by atoms with Crippen molar-refractivity contribution in [2.75, 3.05) is 0 Å². The predicted molar refractivity (Wildman–Crippen MR) is 87.5 cm³/mol. The molecule has 0 spiro atoms. The molecule has 3 rings (SSSR count). The molecule has 24 heavy (non-hydrogen) atoms. The molecule has 0 fully saturated rings. The highest BCUT2D eigenvalue weighted by atomic mass is 79.9. The van der Waals surface area contributed by atoms with Gasteiger partial charge in [-0.15, -0.1) is 0 Å². The molecule has 0 unspecified atom stereocenters. The third-order valence-corrected chi connectivity index (χ3v) is 4.07. The van der Waals surface area contributed by atoms with Crippen LogP contribution in [0, 0.1) is 6.92 Å². The van der Waals surface area contributed by atoms with E-state index in [1.807, 2.05) is 19.1 Å². The van der Waals surface area contributed by atoms with Crippen molar-refractivity contribution in [3.05, 3.63) is 59.2 Å². The van der Waals surface area contributed by atoms with Crippen LogP contribution in [0.15, 0.2) is 47.6 Å². The number of rotatable bonds is 3. The van der Waals surface area contributed by atoms with Crippen LogP contribution in [-0.2, 0) is 11.0 Å². The standard InChI is InChI=1S/C17H13BrF3NO2/c1-10-5-6-11(15-9-16(18)22-24-15)7-14(10)23-13-4-2-3-12(8-13)17(19,20)21/h2-8,15H,9H2,1H3/t15-/m1/s1. The Bertz CT molecular complexity index is 790. The van der Waals surface area contributed by atoms with Gasteiger partial charge < -0.3 is 9.57 Å². The molecule has 0 radical (unpaired) electrons. The van der Waals surface area contributed by atoms with Crippen LogP contribution in [0.3, 0.4) is 0 Å². The van der Waals surface area contributed by atoms with Gasteiger partial charge in [0.25, 0.3) is 0 Å². The number of aryl methyl sites for hydroxylation is 1. The molecule has 0 N–H and O–H groups in total. The summed E-state index contributed by atoms with van der Waals surface area (Å²) in [5, 5.41) is 3.84. The van der Waals surface area contributed by atoms with Gasteiger partial charge in [0.1, 0.15) is 16.1 Å². The van der Waals surface area contributed by atoms with Gasteiger partial charge in [0.05, 0.1) is 5.56 Å². The molecule has 2 aromatic carbocycles. The number of oxime groups is 1. The summed E-state index contributed by atoms with van der Waals surface area (Å²) in [4.78, 5) is 5.30. The summed E-state index contributed by atoms with van der Waals surface area (Å²) in [6, 6.07) is 10.3. The Balaban J connectivity index is 1.85. The molecular formula is C17H13BrF3NO2. The van der Waals surface area contributed by atoms with Crippen LogP contribution in [0.1, 0.15) is 29.2 Å². The Kier molecular flexibility index (Phi) is 4.54. The van der Waals surface area contributed by atoms with E-state index in [1.54, 1.807) is 6.07 Å². The van der Waals surface area contributed by atoms with Gasteiger partial charge in [0, 0.05) is 6.42 Å². The lowest BCUT2D eigenvalue weighted by molar-refractivity contribution is -0.137. The van der Waals surface area contributed by atoms with Gasteiger partial charge in [-0.2, -0.15) is 13.2 Å². The van der Waals surface area contributed by atoms with Crippen molar-refractivity contribution in [1.29, 1.82) is 0 Å². The normalized spacial score (nSPS) is 17.4. The number of hydrogen-bond donors (Lipinski definition) is 0. The molecule has 0 aromatic heterocycles. The number of ether oxygens (including phenoxy) is 1. The number of hydrogen-bond acceptors (Lipinski definition) is 3. The Morgan fingerprint density at radius 2 is 2.00 bits per heavy atom. The number of alkyl halides is 3. The summed E-state index contributed by atoms with van der Waals surface area (Å²) >= 11 is 3.28. The van der Waals surface area contributed by atoms with Crippen molar-refractivity contribution in [3.8, 4) is 11.5 Å². The van der Waals surface area contributed by atoms with E-state index < -0.39 is 11.7 Å². The molecule has 1 heterocycles. The van der Waals surface area contributed by atoms with E-state index in [9.17, 15) is 13.2 Å². The predicted octanol–water partition coefficient (Wildman–Crippen LogP) is 5.98. The molecule has 0 amide bonds. The Labute approximate surface area is 145 Å². The fraction of sp³-hybridized carbons (Fsp3) is 0.235. The van der Waals surface area contributed by atoms with Crippen LogP contribution in [0.5, 0.6) is 11.5 Å². The van der Waals surface area contributed by atoms with E-state index in [4.69, 9.17) is 9.57 Å². The van der Waals surface area contributed by atoms with E-state index in [-0.39, 0.29) is 11.9 Å². The molecule has 1 aliphatic heterocycles. The van der Waals surface area contributed by atoms with Crippen molar-refractivity contribution < 1.29 is 22.7 Å². The Morgan fingerprint density at radius 3 is 2.67 bits per heavy atom. The number of halogens is 4. The third kappa shape index (κ3) is 3.72. The largest absolute Gasteiger partial charge is 0.457 e. The average molecular weight is 400 g/mol. The maximum absolute atomic E-state index is 12.8. The first-order chi connectivity index (χ1) is 11.3. The minimum atomic E-state index is -4.41. The van der Waals surface area contributed by atoms with Gasteiger partial charge in [-0.05, 0) is 58.2 Å². The molecule has 0 bridgehead atoms. The van der Waals surface area contributed by atoms with Gasteiger partial charge in [-0.3, -0.25) is 0 Å². The first-order valence-corrected chi connectivity index (χ1v) is 7.96. The topological polar surface area (TPSA) is 30.8 Å². The quantitative estimate of drug-likeness (QED) is 0.635. The van der Waals surface area contributed by atoms with Crippen LogP contribution in [0.25, 0.3) is 0 Å².